The molecule has 1 N–H and O–H groups in total. The molecule has 1 saturated carbocycles. The summed E-state index contributed by atoms with van der Waals surface area (Å²) in [7, 11) is 1.66. The van der Waals surface area contributed by atoms with Crippen molar-refractivity contribution in [2.75, 3.05) is 13.7 Å². The third kappa shape index (κ3) is 5.62. The van der Waals surface area contributed by atoms with E-state index in [2.05, 4.69) is 23.5 Å². The number of methoxy groups -OCH3 is 1. The van der Waals surface area contributed by atoms with E-state index < -0.39 is 6.09 Å². The van der Waals surface area contributed by atoms with Gasteiger partial charge in [-0.05, 0) is 62.0 Å². The lowest BCUT2D eigenvalue weighted by molar-refractivity contribution is 0.150. The normalized spacial score (nSPS) is 20.5. The van der Waals surface area contributed by atoms with Crippen LogP contribution < -0.4 is 10.1 Å². The van der Waals surface area contributed by atoms with Gasteiger partial charge in [-0.2, -0.15) is 0 Å². The van der Waals surface area contributed by atoms with E-state index in [9.17, 15) is 4.79 Å². The van der Waals surface area contributed by atoms with E-state index in [1.807, 2.05) is 31.2 Å². The highest BCUT2D eigenvalue weighted by molar-refractivity contribution is 6.05. The van der Waals surface area contributed by atoms with Crippen LogP contribution in [-0.2, 0) is 4.84 Å². The molecule has 0 heterocycles. The summed E-state index contributed by atoms with van der Waals surface area (Å²) in [6.07, 6.45) is 6.95. The standard InChI is InChI=1S/C20H28N2O3/c1-4-7-16-8-6-9-17(19(16)22-25-20(23)21-5-2)14-15-10-12-18(24-3)13-11-15/h10-14,16H,4-9H2,1-3H3,(H,21,23). The van der Waals surface area contributed by atoms with E-state index in [0.717, 1.165) is 54.7 Å². The largest absolute Gasteiger partial charge is 0.497 e. The van der Waals surface area contributed by atoms with Gasteiger partial charge in [-0.25, -0.2) is 4.79 Å². The lowest BCUT2D eigenvalue weighted by Gasteiger charge is -2.25. The van der Waals surface area contributed by atoms with Crippen LogP contribution >= 0.6 is 0 Å². The summed E-state index contributed by atoms with van der Waals surface area (Å²) in [6.45, 7) is 4.55. The van der Waals surface area contributed by atoms with Crippen molar-refractivity contribution in [3.05, 3.63) is 35.4 Å². The topological polar surface area (TPSA) is 59.9 Å². The van der Waals surface area contributed by atoms with E-state index in [0.29, 0.717) is 12.5 Å². The van der Waals surface area contributed by atoms with Crippen molar-refractivity contribution in [3.63, 3.8) is 0 Å². The second-order valence-corrected chi connectivity index (χ2v) is 6.21. The SMILES string of the molecule is CCCC1CCCC(=Cc2ccc(OC)cc2)C1=NOC(=O)NCC. The average Bonchev–Trinajstić information content (AvgIpc) is 2.62. The molecule has 0 saturated heterocycles. The number of oxime groups is 1. The molecule has 2 rings (SSSR count). The van der Waals surface area contributed by atoms with Gasteiger partial charge in [0.2, 0.25) is 0 Å². The van der Waals surface area contributed by atoms with Gasteiger partial charge in [0.05, 0.1) is 12.8 Å². The highest BCUT2D eigenvalue weighted by atomic mass is 16.7. The van der Waals surface area contributed by atoms with Gasteiger partial charge in [-0.1, -0.05) is 30.6 Å². The molecule has 1 atom stereocenters. The summed E-state index contributed by atoms with van der Waals surface area (Å²) in [4.78, 5) is 16.7. The van der Waals surface area contributed by atoms with Crippen molar-refractivity contribution < 1.29 is 14.4 Å². The first kappa shape index (κ1) is 19.0. The van der Waals surface area contributed by atoms with Gasteiger partial charge in [0.1, 0.15) is 5.75 Å². The zero-order chi connectivity index (χ0) is 18.1. The molecule has 0 aromatic heterocycles. The summed E-state index contributed by atoms with van der Waals surface area (Å²) < 4.78 is 5.21. The van der Waals surface area contributed by atoms with E-state index in [1.165, 1.54) is 0 Å². The van der Waals surface area contributed by atoms with Crippen molar-refractivity contribution in [1.82, 2.24) is 5.32 Å². The van der Waals surface area contributed by atoms with E-state index in [4.69, 9.17) is 9.57 Å². The summed E-state index contributed by atoms with van der Waals surface area (Å²) in [6, 6.07) is 7.94. The predicted molar refractivity (Wildman–Crippen MR) is 101 cm³/mol. The summed E-state index contributed by atoms with van der Waals surface area (Å²) in [5.74, 6) is 1.18. The number of hydrogen-bond acceptors (Lipinski definition) is 4. The van der Waals surface area contributed by atoms with Gasteiger partial charge >= 0.3 is 6.09 Å². The smallest absolute Gasteiger partial charge is 0.433 e. The Labute approximate surface area is 150 Å². The number of carbonyl (C=O) groups is 1. The Bertz CT molecular complexity index is 618. The van der Waals surface area contributed by atoms with Crippen molar-refractivity contribution in [3.8, 4) is 5.75 Å². The average molecular weight is 344 g/mol. The van der Waals surface area contributed by atoms with Gasteiger partial charge in [0.25, 0.3) is 0 Å². The molecule has 1 aliphatic rings. The maximum atomic E-state index is 11.6. The van der Waals surface area contributed by atoms with Crippen LogP contribution in [0.4, 0.5) is 4.79 Å². The monoisotopic (exact) mass is 344 g/mol. The first-order valence-corrected chi connectivity index (χ1v) is 9.05. The first-order valence-electron chi connectivity index (χ1n) is 9.05. The molecule has 0 bridgehead atoms. The number of hydrogen-bond donors (Lipinski definition) is 1. The fourth-order valence-electron chi connectivity index (χ4n) is 3.14. The van der Waals surface area contributed by atoms with E-state index in [-0.39, 0.29) is 0 Å². The van der Waals surface area contributed by atoms with Gasteiger partial charge in [-0.15, -0.1) is 0 Å². The second kappa shape index (κ2) is 9.87. The number of carbonyl (C=O) groups excluding carboxylic acids is 1. The van der Waals surface area contributed by atoms with E-state index in [1.54, 1.807) is 7.11 Å². The Hall–Kier alpha value is -2.30. The van der Waals surface area contributed by atoms with Gasteiger partial charge in [0.15, 0.2) is 0 Å². The molecule has 1 aromatic carbocycles. The Balaban J connectivity index is 2.25. The van der Waals surface area contributed by atoms with Crippen molar-refractivity contribution >= 4 is 17.9 Å². The highest BCUT2D eigenvalue weighted by Gasteiger charge is 2.25. The maximum Gasteiger partial charge on any atom is 0.433 e. The Morgan fingerprint density at radius 2 is 2.08 bits per heavy atom. The molecule has 1 unspecified atom stereocenters. The number of benzene rings is 1. The molecular formula is C20H28N2O3. The minimum Gasteiger partial charge on any atom is -0.497 e. The first-order chi connectivity index (χ1) is 12.2. The Kier molecular flexibility index (Phi) is 7.51. The van der Waals surface area contributed by atoms with Crippen molar-refractivity contribution in [1.29, 1.82) is 0 Å². The fourth-order valence-corrected chi connectivity index (χ4v) is 3.14. The summed E-state index contributed by atoms with van der Waals surface area (Å²) in [5.41, 5.74) is 3.16. The van der Waals surface area contributed by atoms with Crippen LogP contribution in [0, 0.1) is 5.92 Å². The Morgan fingerprint density at radius 1 is 1.32 bits per heavy atom. The number of nitrogens with zero attached hydrogens (tertiary/aromatic N) is 1. The number of ether oxygens (including phenoxy) is 1. The van der Waals surface area contributed by atoms with Crippen LogP contribution in [0.25, 0.3) is 6.08 Å². The molecule has 0 aliphatic heterocycles. The quantitative estimate of drug-likeness (QED) is 0.597. The van der Waals surface area contributed by atoms with Crippen LogP contribution in [0.1, 0.15) is 51.5 Å². The lowest BCUT2D eigenvalue weighted by Crippen LogP contribution is -2.26. The zero-order valence-electron chi connectivity index (χ0n) is 15.4. The number of amides is 1. The summed E-state index contributed by atoms with van der Waals surface area (Å²) >= 11 is 0. The second-order valence-electron chi connectivity index (χ2n) is 6.21. The van der Waals surface area contributed by atoms with Crippen LogP contribution in [0.3, 0.4) is 0 Å². The molecule has 5 heteroatoms. The molecule has 1 aliphatic carbocycles. The highest BCUT2D eigenvalue weighted by Crippen LogP contribution is 2.31. The molecule has 25 heavy (non-hydrogen) atoms. The third-order valence-electron chi connectivity index (χ3n) is 4.36. The van der Waals surface area contributed by atoms with Crippen LogP contribution in [0.5, 0.6) is 5.75 Å². The molecule has 136 valence electrons. The molecule has 0 radical (unpaired) electrons. The predicted octanol–water partition coefficient (Wildman–Crippen LogP) is 4.78. The van der Waals surface area contributed by atoms with Gasteiger partial charge in [0, 0.05) is 12.5 Å². The number of rotatable bonds is 6. The van der Waals surface area contributed by atoms with Crippen LogP contribution in [0.2, 0.25) is 0 Å². The van der Waals surface area contributed by atoms with Crippen LogP contribution in [0.15, 0.2) is 35.0 Å². The van der Waals surface area contributed by atoms with E-state index >= 15 is 0 Å². The lowest BCUT2D eigenvalue weighted by atomic mass is 9.80. The molecule has 0 spiro atoms. The molecule has 1 fully saturated rings. The third-order valence-corrected chi connectivity index (χ3v) is 4.36. The van der Waals surface area contributed by atoms with Gasteiger partial charge in [-0.3, -0.25) is 4.84 Å². The molecule has 1 amide bonds. The fraction of sp³-hybridized carbons (Fsp3) is 0.500. The Morgan fingerprint density at radius 3 is 2.72 bits per heavy atom. The molecular weight excluding hydrogens is 316 g/mol. The van der Waals surface area contributed by atoms with Crippen LogP contribution in [-0.4, -0.2) is 25.5 Å². The van der Waals surface area contributed by atoms with Gasteiger partial charge < -0.3 is 10.1 Å². The number of nitrogens with one attached hydrogen (secondary N) is 1. The maximum absolute atomic E-state index is 11.6. The summed E-state index contributed by atoms with van der Waals surface area (Å²) in [5, 5.41) is 6.83. The minimum atomic E-state index is -0.500. The molecule has 1 aromatic rings. The number of allylic oxidation sites excluding steroid dienone is 1. The van der Waals surface area contributed by atoms with Crippen molar-refractivity contribution in [2.45, 2.75) is 46.0 Å². The molecule has 5 nitrogen and oxygen atoms in total. The van der Waals surface area contributed by atoms with Crippen molar-refractivity contribution in [2.24, 2.45) is 11.1 Å². The zero-order valence-corrected chi connectivity index (χ0v) is 15.4. The minimum absolute atomic E-state index is 0.345.